The number of carbonyl (C=O) groups excluding carboxylic acids is 2. The fourth-order valence-corrected chi connectivity index (χ4v) is 4.63. The fraction of sp³-hybridized carbons (Fsp3) is 0.385. The number of hydrogen-bond donors (Lipinski definition) is 2. The minimum Gasteiger partial charge on any atom is -0.496 e. The molecule has 0 radical (unpaired) electrons. The number of rotatable bonds is 9. The first-order valence-electron chi connectivity index (χ1n) is 11.5. The van der Waals surface area contributed by atoms with Crippen LogP contribution in [-0.2, 0) is 11.2 Å². The van der Waals surface area contributed by atoms with Gasteiger partial charge < -0.3 is 25.3 Å². The van der Waals surface area contributed by atoms with Gasteiger partial charge in [-0.15, -0.1) is 0 Å². The number of fused-ring (bicyclic) bond motifs is 1. The summed E-state index contributed by atoms with van der Waals surface area (Å²) < 4.78 is 7.85. The molecule has 1 aliphatic rings. The van der Waals surface area contributed by atoms with Gasteiger partial charge in [-0.25, -0.2) is 0 Å². The molecule has 0 atom stereocenters. The number of nitrogens with two attached hydrogens (primary N) is 1. The highest BCUT2D eigenvalue weighted by Gasteiger charge is 2.22. The molecule has 0 unspecified atom stereocenters. The number of Topliss-reactive ketones (excluding diaryl/α,β-unsaturated/α-hetero) is 1. The molecule has 7 heteroatoms. The summed E-state index contributed by atoms with van der Waals surface area (Å²) in [6.07, 6.45) is 5.13. The van der Waals surface area contributed by atoms with Crippen molar-refractivity contribution in [3.05, 3.63) is 59.8 Å². The minimum atomic E-state index is -0.393. The third-order valence-electron chi connectivity index (χ3n) is 6.48. The lowest BCUT2D eigenvalue weighted by atomic mass is 10.0. The van der Waals surface area contributed by atoms with Crippen molar-refractivity contribution in [1.29, 1.82) is 0 Å². The van der Waals surface area contributed by atoms with Crippen LogP contribution in [0.1, 0.15) is 41.7 Å². The van der Waals surface area contributed by atoms with Gasteiger partial charge in [-0.05, 0) is 73.5 Å². The van der Waals surface area contributed by atoms with Crippen molar-refractivity contribution in [3.8, 4) is 5.75 Å². The highest BCUT2D eigenvalue weighted by molar-refractivity contribution is 5.97. The van der Waals surface area contributed by atoms with Crippen LogP contribution in [-0.4, -0.2) is 54.4 Å². The second-order valence-electron chi connectivity index (χ2n) is 8.77. The number of nitrogens with one attached hydrogen (secondary N) is 1. The Morgan fingerprint density at radius 1 is 1.12 bits per heavy atom. The van der Waals surface area contributed by atoms with Gasteiger partial charge in [0.05, 0.1) is 13.7 Å². The topological polar surface area (TPSA) is 89.6 Å². The van der Waals surface area contributed by atoms with E-state index in [0.717, 1.165) is 66.8 Å². The van der Waals surface area contributed by atoms with E-state index >= 15 is 0 Å². The van der Waals surface area contributed by atoms with Crippen LogP contribution < -0.4 is 15.8 Å². The second-order valence-corrected chi connectivity index (χ2v) is 8.77. The summed E-state index contributed by atoms with van der Waals surface area (Å²) in [5.41, 5.74) is 9.18. The molecule has 174 valence electrons. The number of benzene rings is 2. The minimum absolute atomic E-state index is 0.108. The number of likely N-dealkylation sites (tertiary alicyclic amines) is 1. The van der Waals surface area contributed by atoms with Gasteiger partial charge in [0.2, 0.25) is 5.91 Å². The first kappa shape index (κ1) is 22.9. The summed E-state index contributed by atoms with van der Waals surface area (Å²) in [6, 6.07) is 14.2. The van der Waals surface area contributed by atoms with Gasteiger partial charge in [0.15, 0.2) is 0 Å². The third kappa shape index (κ3) is 5.37. The van der Waals surface area contributed by atoms with Crippen molar-refractivity contribution in [2.45, 2.75) is 32.2 Å². The van der Waals surface area contributed by atoms with Crippen LogP contribution in [0.15, 0.2) is 48.7 Å². The number of anilines is 1. The molecule has 1 fully saturated rings. The highest BCUT2D eigenvalue weighted by Crippen LogP contribution is 2.29. The third-order valence-corrected chi connectivity index (χ3v) is 6.48. The molecule has 1 aliphatic heterocycles. The van der Waals surface area contributed by atoms with Crippen molar-refractivity contribution in [2.24, 2.45) is 5.73 Å². The number of piperidine rings is 1. The van der Waals surface area contributed by atoms with E-state index in [1.165, 1.54) is 0 Å². The van der Waals surface area contributed by atoms with E-state index in [9.17, 15) is 9.59 Å². The largest absolute Gasteiger partial charge is 0.496 e. The number of ether oxygens (including phenoxy) is 1. The van der Waals surface area contributed by atoms with Crippen LogP contribution in [0, 0.1) is 0 Å². The Morgan fingerprint density at radius 2 is 1.91 bits per heavy atom. The molecule has 2 heterocycles. The van der Waals surface area contributed by atoms with Crippen LogP contribution in [0.25, 0.3) is 10.9 Å². The van der Waals surface area contributed by atoms with Gasteiger partial charge in [0.25, 0.3) is 0 Å². The maximum atomic E-state index is 11.6. The van der Waals surface area contributed by atoms with Crippen LogP contribution in [0.2, 0.25) is 0 Å². The highest BCUT2D eigenvalue weighted by atomic mass is 16.5. The number of hydrogen-bond acceptors (Lipinski definition) is 5. The summed E-state index contributed by atoms with van der Waals surface area (Å²) in [6.45, 7) is 4.90. The van der Waals surface area contributed by atoms with Gasteiger partial charge in [-0.2, -0.15) is 0 Å². The van der Waals surface area contributed by atoms with E-state index in [1.807, 2.05) is 24.3 Å². The number of primary amides is 1. The van der Waals surface area contributed by atoms with E-state index in [0.29, 0.717) is 18.2 Å². The Morgan fingerprint density at radius 3 is 2.61 bits per heavy atom. The zero-order chi connectivity index (χ0) is 23.4. The maximum Gasteiger partial charge on any atom is 0.248 e. The quantitative estimate of drug-likeness (QED) is 0.522. The molecule has 3 N–H and O–H groups in total. The number of nitrogens with zero attached hydrogens (tertiary/aromatic N) is 2. The molecule has 4 rings (SSSR count). The van der Waals surface area contributed by atoms with Gasteiger partial charge in [-0.1, -0.05) is 6.07 Å². The lowest BCUT2D eigenvalue weighted by molar-refractivity contribution is -0.115. The predicted octanol–water partition coefficient (Wildman–Crippen LogP) is 3.63. The lowest BCUT2D eigenvalue weighted by Crippen LogP contribution is -2.35. The number of amides is 1. The first-order chi connectivity index (χ1) is 15.9. The molecule has 33 heavy (non-hydrogen) atoms. The summed E-state index contributed by atoms with van der Waals surface area (Å²) >= 11 is 0. The SMILES string of the molecule is COc1ccc(NCC(C)=O)cc1CCN1CCC(n2ccc3ccc(C(N)=O)cc32)CC1. The van der Waals surface area contributed by atoms with Crippen molar-refractivity contribution in [3.63, 3.8) is 0 Å². The summed E-state index contributed by atoms with van der Waals surface area (Å²) in [5, 5.41) is 4.30. The average Bonchev–Trinajstić information content (AvgIpc) is 3.25. The molecular formula is C26H32N4O3. The second kappa shape index (κ2) is 10.1. The van der Waals surface area contributed by atoms with Crippen molar-refractivity contribution in [1.82, 2.24) is 9.47 Å². The summed E-state index contributed by atoms with van der Waals surface area (Å²) in [5.74, 6) is 0.592. The number of methoxy groups -OCH3 is 1. The van der Waals surface area contributed by atoms with Crippen LogP contribution in [0.3, 0.4) is 0 Å². The van der Waals surface area contributed by atoms with E-state index in [2.05, 4.69) is 33.1 Å². The lowest BCUT2D eigenvalue weighted by Gasteiger charge is -2.33. The molecule has 0 aliphatic carbocycles. The predicted molar refractivity (Wildman–Crippen MR) is 131 cm³/mol. The summed E-state index contributed by atoms with van der Waals surface area (Å²) in [4.78, 5) is 25.4. The normalized spacial score (nSPS) is 15.0. The Kier molecular flexibility index (Phi) is 6.99. The molecule has 0 spiro atoms. The van der Waals surface area contributed by atoms with Crippen molar-refractivity contribution >= 4 is 28.3 Å². The van der Waals surface area contributed by atoms with Crippen LogP contribution in [0.4, 0.5) is 5.69 Å². The van der Waals surface area contributed by atoms with Gasteiger partial charge >= 0.3 is 0 Å². The fourth-order valence-electron chi connectivity index (χ4n) is 4.63. The van der Waals surface area contributed by atoms with Crippen molar-refractivity contribution < 1.29 is 14.3 Å². The standard InChI is InChI=1S/C26H32N4O3/c1-18(31)17-28-22-5-6-25(33-2)20(15-22)7-11-29-12-9-23(10-13-29)30-14-8-19-3-4-21(26(27)32)16-24(19)30/h3-6,8,14-16,23,28H,7,9-13,17H2,1-2H3,(H2,27,32). The van der Waals surface area contributed by atoms with Gasteiger partial charge in [0.1, 0.15) is 11.5 Å². The Balaban J connectivity index is 1.37. The van der Waals surface area contributed by atoms with Crippen molar-refractivity contribution in [2.75, 3.05) is 38.6 Å². The zero-order valence-corrected chi connectivity index (χ0v) is 19.3. The monoisotopic (exact) mass is 448 g/mol. The Hall–Kier alpha value is -3.32. The molecule has 1 saturated heterocycles. The molecule has 2 aromatic carbocycles. The van der Waals surface area contributed by atoms with E-state index in [1.54, 1.807) is 20.1 Å². The average molecular weight is 449 g/mol. The zero-order valence-electron chi connectivity index (χ0n) is 19.3. The van der Waals surface area contributed by atoms with Crippen LogP contribution >= 0.6 is 0 Å². The molecular weight excluding hydrogens is 416 g/mol. The smallest absolute Gasteiger partial charge is 0.248 e. The number of carbonyl (C=O) groups is 2. The maximum absolute atomic E-state index is 11.6. The molecule has 0 bridgehead atoms. The number of aromatic nitrogens is 1. The van der Waals surface area contributed by atoms with Gasteiger partial charge in [-0.3, -0.25) is 9.59 Å². The number of ketones is 1. The van der Waals surface area contributed by atoms with E-state index in [-0.39, 0.29) is 5.78 Å². The molecule has 3 aromatic rings. The molecule has 1 aromatic heterocycles. The van der Waals surface area contributed by atoms with E-state index in [4.69, 9.17) is 10.5 Å². The molecule has 0 saturated carbocycles. The Labute approximate surface area is 194 Å². The first-order valence-corrected chi connectivity index (χ1v) is 11.5. The summed E-state index contributed by atoms with van der Waals surface area (Å²) in [7, 11) is 1.69. The Bertz CT molecular complexity index is 1150. The molecule has 7 nitrogen and oxygen atoms in total. The molecule has 1 amide bonds. The van der Waals surface area contributed by atoms with E-state index < -0.39 is 5.91 Å². The van der Waals surface area contributed by atoms with Crippen LogP contribution in [0.5, 0.6) is 5.75 Å². The van der Waals surface area contributed by atoms with Gasteiger partial charge in [0, 0.05) is 48.6 Å².